The van der Waals surface area contributed by atoms with E-state index in [1.807, 2.05) is 11.8 Å². The summed E-state index contributed by atoms with van der Waals surface area (Å²) in [6.07, 6.45) is 0.943. The van der Waals surface area contributed by atoms with Crippen LogP contribution in [-0.4, -0.2) is 53.4 Å². The molecular formula is C13H20ClN5O. The number of nitrogens with two attached hydrogens (primary N) is 1. The molecule has 0 saturated carbocycles. The summed E-state index contributed by atoms with van der Waals surface area (Å²) >= 11 is 6.10. The van der Waals surface area contributed by atoms with Crippen LogP contribution in [-0.2, 0) is 0 Å². The predicted octanol–water partition coefficient (Wildman–Crippen LogP) is 1.19. The first-order chi connectivity index (χ1) is 9.52. The lowest BCUT2D eigenvalue weighted by Gasteiger charge is -2.28. The molecule has 7 heteroatoms. The second-order valence-electron chi connectivity index (χ2n) is 5.13. The number of nitrogens with one attached hydrogen (secondary N) is 1. The van der Waals surface area contributed by atoms with Crippen LogP contribution in [0.2, 0.25) is 5.02 Å². The number of nitrogens with zero attached hydrogens (tertiary/aromatic N) is 3. The zero-order chi connectivity index (χ0) is 14.7. The van der Waals surface area contributed by atoms with Crippen molar-refractivity contribution in [2.45, 2.75) is 19.4 Å². The number of hydrogen-bond donors (Lipinski definition) is 2. The Morgan fingerprint density at radius 2 is 2.25 bits per heavy atom. The molecule has 0 radical (unpaired) electrons. The highest BCUT2D eigenvalue weighted by molar-refractivity contribution is 6.33. The normalized spacial score (nSPS) is 20.6. The van der Waals surface area contributed by atoms with Crippen molar-refractivity contribution in [1.82, 2.24) is 14.8 Å². The third-order valence-corrected chi connectivity index (χ3v) is 3.81. The van der Waals surface area contributed by atoms with Gasteiger partial charge in [0.2, 0.25) is 0 Å². The Balaban J connectivity index is 2.25. The molecule has 20 heavy (non-hydrogen) atoms. The summed E-state index contributed by atoms with van der Waals surface area (Å²) in [7, 11) is 2.06. The molecule has 1 saturated heterocycles. The molecule has 1 fully saturated rings. The number of anilines is 1. The van der Waals surface area contributed by atoms with E-state index in [-0.39, 0.29) is 17.6 Å². The molecule has 3 N–H and O–H groups in total. The van der Waals surface area contributed by atoms with Crippen LogP contribution in [0.3, 0.4) is 0 Å². The van der Waals surface area contributed by atoms with Crippen molar-refractivity contribution in [3.05, 3.63) is 22.8 Å². The molecule has 0 spiro atoms. The third kappa shape index (κ3) is 3.20. The minimum absolute atomic E-state index is 0.127. The summed E-state index contributed by atoms with van der Waals surface area (Å²) < 4.78 is 0. The fourth-order valence-corrected chi connectivity index (χ4v) is 2.67. The first kappa shape index (κ1) is 15.0. The average molecular weight is 298 g/mol. The second kappa shape index (κ2) is 6.39. The van der Waals surface area contributed by atoms with Crippen molar-refractivity contribution in [2.75, 3.05) is 32.1 Å². The monoisotopic (exact) mass is 297 g/mol. The molecule has 0 bridgehead atoms. The van der Waals surface area contributed by atoms with Gasteiger partial charge in [0.15, 0.2) is 0 Å². The molecule has 6 nitrogen and oxygen atoms in total. The van der Waals surface area contributed by atoms with Gasteiger partial charge in [-0.2, -0.15) is 0 Å². The highest BCUT2D eigenvalue weighted by Gasteiger charge is 2.27. The maximum Gasteiger partial charge on any atom is 0.274 e. The SMILES string of the molecule is CC1CN(C)CCCN1C(=O)c1nc(NN)ccc1Cl. The van der Waals surface area contributed by atoms with Gasteiger partial charge < -0.3 is 15.2 Å². The van der Waals surface area contributed by atoms with Crippen LogP contribution in [0.15, 0.2) is 12.1 Å². The predicted molar refractivity (Wildman–Crippen MR) is 79.7 cm³/mol. The van der Waals surface area contributed by atoms with Gasteiger partial charge in [0.05, 0.1) is 5.02 Å². The summed E-state index contributed by atoms with van der Waals surface area (Å²) in [5.74, 6) is 5.62. The number of carbonyl (C=O) groups excluding carboxylic acids is 1. The molecule has 1 aliphatic heterocycles. The van der Waals surface area contributed by atoms with Gasteiger partial charge in [0, 0.05) is 19.1 Å². The van der Waals surface area contributed by atoms with E-state index in [0.717, 1.165) is 19.5 Å². The van der Waals surface area contributed by atoms with Crippen LogP contribution < -0.4 is 11.3 Å². The number of likely N-dealkylation sites (N-methyl/N-ethyl adjacent to an activating group) is 1. The quantitative estimate of drug-likeness (QED) is 0.633. The van der Waals surface area contributed by atoms with Crippen molar-refractivity contribution >= 4 is 23.3 Å². The van der Waals surface area contributed by atoms with Gasteiger partial charge in [-0.3, -0.25) is 4.79 Å². The molecule has 2 rings (SSSR count). The van der Waals surface area contributed by atoms with Gasteiger partial charge in [0.25, 0.3) is 5.91 Å². The van der Waals surface area contributed by atoms with E-state index in [9.17, 15) is 4.79 Å². The Morgan fingerprint density at radius 3 is 2.95 bits per heavy atom. The number of nitrogen functional groups attached to an aromatic ring is 1. The summed E-state index contributed by atoms with van der Waals surface area (Å²) in [5.41, 5.74) is 2.68. The Morgan fingerprint density at radius 1 is 1.50 bits per heavy atom. The molecule has 2 heterocycles. The van der Waals surface area contributed by atoms with E-state index in [0.29, 0.717) is 17.4 Å². The number of amides is 1. The fourth-order valence-electron chi connectivity index (χ4n) is 2.48. The maximum absolute atomic E-state index is 12.7. The molecule has 1 atom stereocenters. The van der Waals surface area contributed by atoms with E-state index in [1.165, 1.54) is 0 Å². The zero-order valence-corrected chi connectivity index (χ0v) is 12.5. The smallest absolute Gasteiger partial charge is 0.274 e. The standard InChI is InChI=1S/C13H20ClN5O/c1-9-8-18(2)6-3-7-19(9)13(20)12-10(14)4-5-11(16-12)17-15/h4-5,9H,3,6-8,15H2,1-2H3,(H,16,17). The van der Waals surface area contributed by atoms with E-state index in [4.69, 9.17) is 17.4 Å². The second-order valence-corrected chi connectivity index (χ2v) is 5.54. The molecule has 0 aromatic carbocycles. The Bertz CT molecular complexity index is 496. The van der Waals surface area contributed by atoms with Crippen molar-refractivity contribution in [2.24, 2.45) is 5.84 Å². The summed E-state index contributed by atoms with van der Waals surface area (Å²) in [6, 6.07) is 3.40. The summed E-state index contributed by atoms with van der Waals surface area (Å²) in [4.78, 5) is 20.9. The number of aromatic nitrogens is 1. The number of hydrazine groups is 1. The molecule has 1 aromatic rings. The van der Waals surface area contributed by atoms with Crippen LogP contribution >= 0.6 is 11.6 Å². The molecular weight excluding hydrogens is 278 g/mol. The largest absolute Gasteiger partial charge is 0.333 e. The first-order valence-electron chi connectivity index (χ1n) is 6.65. The first-order valence-corrected chi connectivity index (χ1v) is 7.03. The van der Waals surface area contributed by atoms with Crippen LogP contribution in [0.1, 0.15) is 23.8 Å². The Kier molecular flexibility index (Phi) is 4.80. The van der Waals surface area contributed by atoms with Crippen molar-refractivity contribution in [3.8, 4) is 0 Å². The van der Waals surface area contributed by atoms with Crippen molar-refractivity contribution < 1.29 is 4.79 Å². The van der Waals surface area contributed by atoms with Gasteiger partial charge in [-0.05, 0) is 39.1 Å². The minimum atomic E-state index is -0.144. The van der Waals surface area contributed by atoms with Crippen molar-refractivity contribution in [3.63, 3.8) is 0 Å². The molecule has 1 aliphatic rings. The lowest BCUT2D eigenvalue weighted by molar-refractivity contribution is 0.0691. The minimum Gasteiger partial charge on any atom is -0.333 e. The number of pyridine rings is 1. The van der Waals surface area contributed by atoms with Crippen LogP contribution in [0.5, 0.6) is 0 Å². The number of rotatable bonds is 2. The lowest BCUT2D eigenvalue weighted by Crippen LogP contribution is -2.42. The highest BCUT2D eigenvalue weighted by Crippen LogP contribution is 2.20. The van der Waals surface area contributed by atoms with Crippen LogP contribution in [0.4, 0.5) is 5.82 Å². The maximum atomic E-state index is 12.7. The van der Waals surface area contributed by atoms with Gasteiger partial charge in [-0.25, -0.2) is 10.8 Å². The molecule has 1 unspecified atom stereocenters. The van der Waals surface area contributed by atoms with Gasteiger partial charge in [-0.1, -0.05) is 11.6 Å². The number of hydrogen-bond acceptors (Lipinski definition) is 5. The van der Waals surface area contributed by atoms with E-state index < -0.39 is 0 Å². The average Bonchev–Trinajstić information content (AvgIpc) is 2.59. The topological polar surface area (TPSA) is 74.5 Å². The summed E-state index contributed by atoms with van der Waals surface area (Å²) in [5, 5.41) is 0.346. The molecule has 110 valence electrons. The molecule has 1 aromatic heterocycles. The number of halogens is 1. The van der Waals surface area contributed by atoms with Gasteiger partial charge in [-0.15, -0.1) is 0 Å². The van der Waals surface area contributed by atoms with Gasteiger partial charge >= 0.3 is 0 Å². The number of carbonyl (C=O) groups is 1. The van der Waals surface area contributed by atoms with Crippen molar-refractivity contribution in [1.29, 1.82) is 0 Å². The van der Waals surface area contributed by atoms with Crippen LogP contribution in [0.25, 0.3) is 0 Å². The van der Waals surface area contributed by atoms with E-state index in [1.54, 1.807) is 12.1 Å². The lowest BCUT2D eigenvalue weighted by atomic mass is 10.2. The fraction of sp³-hybridized carbons (Fsp3) is 0.538. The third-order valence-electron chi connectivity index (χ3n) is 3.50. The summed E-state index contributed by atoms with van der Waals surface area (Å²) in [6.45, 7) is 4.58. The van der Waals surface area contributed by atoms with Crippen LogP contribution in [0, 0.1) is 0 Å². The highest BCUT2D eigenvalue weighted by atomic mass is 35.5. The van der Waals surface area contributed by atoms with Gasteiger partial charge in [0.1, 0.15) is 11.5 Å². The van der Waals surface area contributed by atoms with E-state index >= 15 is 0 Å². The Hall–Kier alpha value is -1.37. The molecule has 1 amide bonds. The molecule has 0 aliphatic carbocycles. The van der Waals surface area contributed by atoms with E-state index in [2.05, 4.69) is 22.4 Å². The Labute approximate surface area is 123 Å². The zero-order valence-electron chi connectivity index (χ0n) is 11.8.